The first kappa shape index (κ1) is 15.5. The number of amides is 2. The average molecular weight is 309 g/mol. The molecule has 7 nitrogen and oxygen atoms in total. The number of anilines is 1. The normalized spacial score (nSPS) is 10.4. The maximum atomic E-state index is 13.0. The van der Waals surface area contributed by atoms with E-state index in [9.17, 15) is 18.4 Å². The van der Waals surface area contributed by atoms with E-state index in [4.69, 9.17) is 0 Å². The van der Waals surface area contributed by atoms with Gasteiger partial charge in [0.05, 0.1) is 6.54 Å². The van der Waals surface area contributed by atoms with Crippen molar-refractivity contribution in [1.82, 2.24) is 20.1 Å². The van der Waals surface area contributed by atoms with Gasteiger partial charge in [-0.1, -0.05) is 0 Å². The van der Waals surface area contributed by atoms with E-state index in [1.165, 1.54) is 4.68 Å². The number of benzene rings is 1. The van der Waals surface area contributed by atoms with E-state index in [0.29, 0.717) is 11.9 Å². The fourth-order valence-corrected chi connectivity index (χ4v) is 1.74. The van der Waals surface area contributed by atoms with E-state index < -0.39 is 23.4 Å². The Morgan fingerprint density at radius 1 is 1.23 bits per heavy atom. The van der Waals surface area contributed by atoms with Gasteiger partial charge in [0.15, 0.2) is 0 Å². The van der Waals surface area contributed by atoms with Crippen LogP contribution in [0.25, 0.3) is 0 Å². The number of rotatable bonds is 4. The summed E-state index contributed by atoms with van der Waals surface area (Å²) < 4.78 is 27.4. The molecule has 0 atom stereocenters. The summed E-state index contributed by atoms with van der Waals surface area (Å²) in [6.07, 6.45) is 0. The molecular formula is C13H13F2N5O2. The molecule has 2 N–H and O–H groups in total. The molecule has 116 valence electrons. The van der Waals surface area contributed by atoms with E-state index in [1.807, 2.05) is 0 Å². The first-order chi connectivity index (χ1) is 10.3. The number of hydrogen-bond acceptors (Lipinski definition) is 4. The third-order valence-corrected chi connectivity index (χ3v) is 2.65. The van der Waals surface area contributed by atoms with Gasteiger partial charge in [-0.05, 0) is 19.1 Å². The fourth-order valence-electron chi connectivity index (χ4n) is 1.74. The minimum atomic E-state index is -0.871. The zero-order valence-corrected chi connectivity index (χ0v) is 11.9. The van der Waals surface area contributed by atoms with E-state index in [2.05, 4.69) is 20.7 Å². The van der Waals surface area contributed by atoms with Crippen LogP contribution in [0.1, 0.15) is 16.2 Å². The van der Waals surface area contributed by atoms with Gasteiger partial charge in [-0.25, -0.2) is 13.5 Å². The van der Waals surface area contributed by atoms with Crippen LogP contribution < -0.4 is 10.6 Å². The van der Waals surface area contributed by atoms with Crippen molar-refractivity contribution in [2.75, 3.05) is 11.9 Å². The minimum absolute atomic E-state index is 0.209. The molecule has 0 bridgehead atoms. The topological polar surface area (TPSA) is 88.9 Å². The van der Waals surface area contributed by atoms with Crippen LogP contribution in [-0.2, 0) is 11.8 Å². The van der Waals surface area contributed by atoms with Crippen molar-refractivity contribution in [3.8, 4) is 0 Å². The highest BCUT2D eigenvalue weighted by atomic mass is 19.1. The Morgan fingerprint density at radius 3 is 2.41 bits per heavy atom. The number of halogens is 2. The van der Waals surface area contributed by atoms with Crippen LogP contribution in [0.15, 0.2) is 18.2 Å². The van der Waals surface area contributed by atoms with Gasteiger partial charge < -0.3 is 5.32 Å². The third kappa shape index (κ3) is 3.84. The Hall–Kier alpha value is -2.84. The molecule has 2 rings (SSSR count). The molecule has 0 saturated heterocycles. The van der Waals surface area contributed by atoms with Crippen molar-refractivity contribution >= 4 is 17.8 Å². The lowest BCUT2D eigenvalue weighted by molar-refractivity contribution is -0.115. The highest BCUT2D eigenvalue weighted by Crippen LogP contribution is 2.07. The number of hydrogen-bond donors (Lipinski definition) is 2. The molecule has 22 heavy (non-hydrogen) atoms. The van der Waals surface area contributed by atoms with Crippen LogP contribution in [0.2, 0.25) is 0 Å². The van der Waals surface area contributed by atoms with Gasteiger partial charge in [0.1, 0.15) is 17.5 Å². The first-order valence-corrected chi connectivity index (χ1v) is 6.27. The molecule has 1 heterocycles. The predicted octanol–water partition coefficient (Wildman–Crippen LogP) is 0.770. The summed E-state index contributed by atoms with van der Waals surface area (Å²) in [4.78, 5) is 27.4. The zero-order valence-electron chi connectivity index (χ0n) is 11.9. The van der Waals surface area contributed by atoms with Crippen LogP contribution in [0, 0.1) is 18.6 Å². The van der Waals surface area contributed by atoms with Crippen molar-refractivity contribution in [2.24, 2.45) is 7.05 Å². The van der Waals surface area contributed by atoms with Gasteiger partial charge in [0.25, 0.3) is 5.91 Å². The van der Waals surface area contributed by atoms with Gasteiger partial charge in [0, 0.05) is 18.7 Å². The van der Waals surface area contributed by atoms with Crippen LogP contribution >= 0.6 is 0 Å². The Balaban J connectivity index is 1.93. The largest absolute Gasteiger partial charge is 0.343 e. The summed E-state index contributed by atoms with van der Waals surface area (Å²) >= 11 is 0. The predicted molar refractivity (Wildman–Crippen MR) is 73.1 cm³/mol. The number of carbonyl (C=O) groups is 2. The molecule has 0 radical (unpaired) electrons. The van der Waals surface area contributed by atoms with E-state index in [-0.39, 0.29) is 18.1 Å². The first-order valence-electron chi connectivity index (χ1n) is 6.27. The van der Waals surface area contributed by atoms with Gasteiger partial charge in [-0.15, -0.1) is 0 Å². The average Bonchev–Trinajstić information content (AvgIpc) is 2.73. The van der Waals surface area contributed by atoms with Crippen molar-refractivity contribution in [2.45, 2.75) is 6.92 Å². The molecule has 2 amide bonds. The summed E-state index contributed by atoms with van der Waals surface area (Å²) in [6, 6.07) is 2.41. The third-order valence-electron chi connectivity index (χ3n) is 2.65. The highest BCUT2D eigenvalue weighted by Gasteiger charge is 2.12. The molecule has 0 saturated carbocycles. The monoisotopic (exact) mass is 309 g/mol. The molecule has 0 aliphatic heterocycles. The second-order valence-corrected chi connectivity index (χ2v) is 4.50. The number of carbonyl (C=O) groups excluding carboxylic acids is 2. The van der Waals surface area contributed by atoms with Crippen molar-refractivity contribution in [3.05, 3.63) is 41.2 Å². The van der Waals surface area contributed by atoms with Gasteiger partial charge in [-0.3, -0.25) is 14.9 Å². The maximum Gasteiger partial charge on any atom is 0.251 e. The lowest BCUT2D eigenvalue weighted by Gasteiger charge is -2.06. The Morgan fingerprint density at radius 2 is 1.86 bits per heavy atom. The molecule has 0 fully saturated rings. The second kappa shape index (κ2) is 6.29. The molecule has 9 heteroatoms. The Kier molecular flexibility index (Phi) is 4.44. The standard InChI is InChI=1S/C13H13F2N5O2/c1-7-17-13(20(2)19-7)18-11(21)6-16-12(22)8-3-9(14)5-10(15)4-8/h3-5H,6H2,1-2H3,(H,16,22)(H,17,18,19,21). The number of nitrogens with one attached hydrogen (secondary N) is 2. The fraction of sp³-hybridized carbons (Fsp3) is 0.231. The lowest BCUT2D eigenvalue weighted by Crippen LogP contribution is -2.33. The number of aryl methyl sites for hydroxylation is 2. The van der Waals surface area contributed by atoms with Gasteiger partial charge >= 0.3 is 0 Å². The molecule has 0 aliphatic carbocycles. The van der Waals surface area contributed by atoms with Crippen molar-refractivity contribution < 1.29 is 18.4 Å². The Labute approximate surface area is 124 Å². The quantitative estimate of drug-likeness (QED) is 0.873. The SMILES string of the molecule is Cc1nc(NC(=O)CNC(=O)c2cc(F)cc(F)c2)n(C)n1. The van der Waals surface area contributed by atoms with E-state index in [0.717, 1.165) is 12.1 Å². The van der Waals surface area contributed by atoms with Crippen LogP contribution in [0.4, 0.5) is 14.7 Å². The molecule has 2 aromatic rings. The summed E-state index contributed by atoms with van der Waals surface area (Å²) in [7, 11) is 1.60. The van der Waals surface area contributed by atoms with Crippen LogP contribution in [0.5, 0.6) is 0 Å². The zero-order chi connectivity index (χ0) is 16.3. The molecule has 0 spiro atoms. The van der Waals surface area contributed by atoms with E-state index in [1.54, 1.807) is 14.0 Å². The van der Waals surface area contributed by atoms with Crippen LogP contribution in [0.3, 0.4) is 0 Å². The molecular weight excluding hydrogens is 296 g/mol. The summed E-state index contributed by atoms with van der Waals surface area (Å²) in [5.74, 6) is -2.33. The van der Waals surface area contributed by atoms with Gasteiger partial charge in [-0.2, -0.15) is 10.1 Å². The van der Waals surface area contributed by atoms with Crippen molar-refractivity contribution in [1.29, 1.82) is 0 Å². The summed E-state index contributed by atoms with van der Waals surface area (Å²) in [6.45, 7) is 1.29. The number of aromatic nitrogens is 3. The molecule has 0 unspecified atom stereocenters. The van der Waals surface area contributed by atoms with E-state index >= 15 is 0 Å². The smallest absolute Gasteiger partial charge is 0.251 e. The van der Waals surface area contributed by atoms with Crippen molar-refractivity contribution in [3.63, 3.8) is 0 Å². The second-order valence-electron chi connectivity index (χ2n) is 4.50. The molecule has 0 aliphatic rings. The highest BCUT2D eigenvalue weighted by molar-refractivity contribution is 5.98. The van der Waals surface area contributed by atoms with Gasteiger partial charge in [0.2, 0.25) is 11.9 Å². The summed E-state index contributed by atoms with van der Waals surface area (Å²) in [5.41, 5.74) is -0.209. The Bertz CT molecular complexity index is 709. The minimum Gasteiger partial charge on any atom is -0.343 e. The number of nitrogens with zero attached hydrogens (tertiary/aromatic N) is 3. The van der Waals surface area contributed by atoms with Crippen LogP contribution in [-0.4, -0.2) is 33.1 Å². The molecule has 1 aromatic carbocycles. The lowest BCUT2D eigenvalue weighted by atomic mass is 10.2. The summed E-state index contributed by atoms with van der Waals surface area (Å²) in [5, 5.41) is 8.65. The molecule has 1 aromatic heterocycles. The maximum absolute atomic E-state index is 13.0.